The van der Waals surface area contributed by atoms with Gasteiger partial charge in [-0.3, -0.25) is 4.98 Å². The van der Waals surface area contributed by atoms with Gasteiger partial charge in [0.05, 0.1) is 40.6 Å². The van der Waals surface area contributed by atoms with Crippen LogP contribution in [-0.2, 0) is 16.4 Å². The van der Waals surface area contributed by atoms with E-state index in [2.05, 4.69) is 25.2 Å². The van der Waals surface area contributed by atoms with E-state index in [1.165, 1.54) is 12.3 Å². The number of nitrogens with two attached hydrogens (primary N) is 2. The third-order valence-electron chi connectivity index (χ3n) is 5.43. The van der Waals surface area contributed by atoms with Gasteiger partial charge in [-0.2, -0.15) is 26.6 Å². The van der Waals surface area contributed by atoms with Crippen LogP contribution >= 0.6 is 0 Å². The van der Waals surface area contributed by atoms with Crippen LogP contribution in [0, 0.1) is 0 Å². The van der Waals surface area contributed by atoms with Crippen LogP contribution in [0.4, 0.5) is 36.3 Å². The molecule has 1 fully saturated rings. The van der Waals surface area contributed by atoms with Gasteiger partial charge in [0.1, 0.15) is 5.82 Å². The average molecular weight is 497 g/mol. The van der Waals surface area contributed by atoms with Crippen LogP contribution < -0.4 is 25.8 Å². The number of fused-ring (bicyclic) bond motifs is 1. The van der Waals surface area contributed by atoms with Gasteiger partial charge in [-0.15, -0.1) is 0 Å². The number of anilines is 4. The fourth-order valence-corrected chi connectivity index (χ4v) is 4.27. The van der Waals surface area contributed by atoms with Gasteiger partial charge in [0.25, 0.3) is 10.2 Å². The second-order valence-electron chi connectivity index (χ2n) is 8.04. The van der Waals surface area contributed by atoms with Gasteiger partial charge in [0.2, 0.25) is 5.95 Å². The standard InChI is InChI=1S/C20H23F3N8O2S/c1-11(12-6-13(20(21,22)23)8-14(24)7-12)27-18-17-15(28-19(29-18)30-34(25,32)33)9-26-10-16(17)31-4-2-3-5-31/h6-11H,2-5,24H2,1H3,(H2,25,32,33)(H2,27,28,29,30). The number of alkyl halides is 3. The van der Waals surface area contributed by atoms with Gasteiger partial charge in [-0.1, -0.05) is 0 Å². The number of nitrogens with zero attached hydrogens (tertiary/aromatic N) is 4. The van der Waals surface area contributed by atoms with Crippen LogP contribution in [0.5, 0.6) is 0 Å². The second-order valence-corrected chi connectivity index (χ2v) is 9.34. The average Bonchev–Trinajstić information content (AvgIpc) is 3.25. The first-order valence-electron chi connectivity index (χ1n) is 10.4. The van der Waals surface area contributed by atoms with Crippen molar-refractivity contribution in [3.63, 3.8) is 0 Å². The SMILES string of the molecule is CC(Nc1nc(NS(N)(=O)=O)nc2cncc(N3CCCC3)c12)c1cc(N)cc(C(F)(F)F)c1. The van der Waals surface area contributed by atoms with Crippen LogP contribution in [0.3, 0.4) is 0 Å². The molecule has 1 saturated heterocycles. The fourth-order valence-electron chi connectivity index (χ4n) is 3.92. The smallest absolute Gasteiger partial charge is 0.399 e. The molecule has 1 atom stereocenters. The molecule has 1 aliphatic rings. The normalized spacial score (nSPS) is 15.5. The number of hydrogen-bond donors (Lipinski definition) is 4. The Morgan fingerprint density at radius 1 is 1.12 bits per heavy atom. The molecule has 0 saturated carbocycles. The summed E-state index contributed by atoms with van der Waals surface area (Å²) in [6.45, 7) is 3.22. The molecule has 0 bridgehead atoms. The van der Waals surface area contributed by atoms with Crippen LogP contribution in [-0.4, -0.2) is 36.5 Å². The molecule has 0 spiro atoms. The Morgan fingerprint density at radius 2 is 1.82 bits per heavy atom. The molecule has 6 N–H and O–H groups in total. The molecule has 1 aromatic carbocycles. The van der Waals surface area contributed by atoms with Crippen LogP contribution in [0.25, 0.3) is 10.9 Å². The monoisotopic (exact) mass is 496 g/mol. The lowest BCUT2D eigenvalue weighted by Crippen LogP contribution is -2.24. The topological polar surface area (TPSA) is 152 Å². The first-order valence-corrected chi connectivity index (χ1v) is 11.9. The Bertz CT molecular complexity index is 1330. The minimum absolute atomic E-state index is 0.0374. The number of aromatic nitrogens is 3. The zero-order valence-electron chi connectivity index (χ0n) is 18.1. The zero-order valence-corrected chi connectivity index (χ0v) is 18.9. The summed E-state index contributed by atoms with van der Waals surface area (Å²) in [4.78, 5) is 14.8. The lowest BCUT2D eigenvalue weighted by atomic mass is 10.0. The van der Waals surface area contributed by atoms with Crippen LogP contribution in [0.1, 0.15) is 36.9 Å². The minimum Gasteiger partial charge on any atom is -0.399 e. The van der Waals surface area contributed by atoms with E-state index >= 15 is 0 Å². The summed E-state index contributed by atoms with van der Waals surface area (Å²) in [5.41, 5.74) is 6.15. The molecule has 0 amide bonds. The van der Waals surface area contributed by atoms with Gasteiger partial charge in [-0.25, -0.2) is 14.8 Å². The largest absolute Gasteiger partial charge is 0.416 e. The van der Waals surface area contributed by atoms with Crippen molar-refractivity contribution in [3.8, 4) is 0 Å². The van der Waals surface area contributed by atoms with Crippen LogP contribution in [0.15, 0.2) is 30.6 Å². The Labute approximate surface area is 193 Å². The highest BCUT2D eigenvalue weighted by Crippen LogP contribution is 2.36. The molecular formula is C20H23F3N8O2S. The minimum atomic E-state index is -4.56. The Hall–Kier alpha value is -3.39. The third-order valence-corrected chi connectivity index (χ3v) is 5.89. The summed E-state index contributed by atoms with van der Waals surface area (Å²) in [6.07, 6.45) is 0.521. The first kappa shape index (κ1) is 23.8. The lowest BCUT2D eigenvalue weighted by Gasteiger charge is -2.23. The predicted octanol–water partition coefficient (Wildman–Crippen LogP) is 3.01. The quantitative estimate of drug-likeness (QED) is 0.380. The zero-order chi connectivity index (χ0) is 24.7. The van der Waals surface area contributed by atoms with Gasteiger partial charge >= 0.3 is 6.18 Å². The van der Waals surface area contributed by atoms with Crippen molar-refractivity contribution in [2.24, 2.45) is 5.14 Å². The molecule has 0 radical (unpaired) electrons. The number of rotatable bonds is 6. The van der Waals surface area contributed by atoms with Gasteiger partial charge in [-0.05, 0) is 43.5 Å². The predicted molar refractivity (Wildman–Crippen MR) is 123 cm³/mol. The maximum absolute atomic E-state index is 13.3. The molecule has 0 aliphatic carbocycles. The molecular weight excluding hydrogens is 473 g/mol. The molecule has 34 heavy (non-hydrogen) atoms. The van der Waals surface area contributed by atoms with Gasteiger partial charge in [0, 0.05) is 18.8 Å². The Kier molecular flexibility index (Phi) is 6.12. The Balaban J connectivity index is 1.82. The molecule has 10 nitrogen and oxygen atoms in total. The van der Waals surface area contributed by atoms with E-state index < -0.39 is 28.0 Å². The van der Waals surface area contributed by atoms with E-state index in [1.807, 2.05) is 4.72 Å². The number of hydrogen-bond acceptors (Lipinski definition) is 8. The van der Waals surface area contributed by atoms with E-state index in [9.17, 15) is 21.6 Å². The summed E-state index contributed by atoms with van der Waals surface area (Å²) < 4.78 is 65.0. The summed E-state index contributed by atoms with van der Waals surface area (Å²) in [6, 6.07) is 2.62. The van der Waals surface area contributed by atoms with Gasteiger partial charge < -0.3 is 16.0 Å². The van der Waals surface area contributed by atoms with E-state index in [-0.39, 0.29) is 23.0 Å². The maximum atomic E-state index is 13.3. The van der Waals surface area contributed by atoms with Crippen molar-refractivity contribution in [3.05, 3.63) is 41.7 Å². The first-order chi connectivity index (χ1) is 15.9. The Morgan fingerprint density at radius 3 is 2.47 bits per heavy atom. The van der Waals surface area contributed by atoms with Crippen molar-refractivity contribution in [2.45, 2.75) is 32.0 Å². The van der Waals surface area contributed by atoms with Crippen molar-refractivity contribution in [1.82, 2.24) is 15.0 Å². The molecule has 14 heteroatoms. The van der Waals surface area contributed by atoms with Gasteiger partial charge in [0.15, 0.2) is 0 Å². The van der Waals surface area contributed by atoms with E-state index in [4.69, 9.17) is 10.9 Å². The highest BCUT2D eigenvalue weighted by atomic mass is 32.2. The van der Waals surface area contributed by atoms with Crippen molar-refractivity contribution in [2.75, 3.05) is 33.8 Å². The number of pyridine rings is 1. The lowest BCUT2D eigenvalue weighted by molar-refractivity contribution is -0.137. The van der Waals surface area contributed by atoms with Crippen molar-refractivity contribution >= 4 is 44.3 Å². The highest BCUT2D eigenvalue weighted by Gasteiger charge is 2.31. The molecule has 4 rings (SSSR count). The van der Waals surface area contributed by atoms with E-state index in [0.29, 0.717) is 10.9 Å². The molecule has 1 unspecified atom stereocenters. The molecule has 3 heterocycles. The van der Waals surface area contributed by atoms with Crippen molar-refractivity contribution < 1.29 is 21.6 Å². The maximum Gasteiger partial charge on any atom is 0.416 e. The fraction of sp³-hybridized carbons (Fsp3) is 0.350. The summed E-state index contributed by atoms with van der Waals surface area (Å²) in [5, 5.41) is 8.73. The third kappa shape index (κ3) is 5.22. The number of benzene rings is 1. The molecule has 182 valence electrons. The number of nitrogens with one attached hydrogen (secondary N) is 2. The molecule has 1 aliphatic heterocycles. The summed E-state index contributed by atoms with van der Waals surface area (Å²) in [5.74, 6) is -0.0856. The molecule has 3 aromatic rings. The summed E-state index contributed by atoms with van der Waals surface area (Å²) in [7, 11) is -4.17. The van der Waals surface area contributed by atoms with Crippen molar-refractivity contribution in [1.29, 1.82) is 0 Å². The van der Waals surface area contributed by atoms with E-state index in [0.717, 1.165) is 43.8 Å². The highest BCUT2D eigenvalue weighted by molar-refractivity contribution is 7.90. The summed E-state index contributed by atoms with van der Waals surface area (Å²) >= 11 is 0. The second kappa shape index (κ2) is 8.76. The molecule has 2 aromatic heterocycles. The van der Waals surface area contributed by atoms with Crippen LogP contribution in [0.2, 0.25) is 0 Å². The number of nitrogen functional groups attached to an aromatic ring is 1. The number of halogens is 3. The van der Waals surface area contributed by atoms with E-state index in [1.54, 1.807) is 13.1 Å².